The Labute approximate surface area is 182 Å². The molecular formula is C20H20BrCl2N3O2. The topological polar surface area (TPSA) is 46.8 Å². The minimum Gasteiger partial charge on any atom is -0.485 e. The van der Waals surface area contributed by atoms with Gasteiger partial charge in [-0.05, 0) is 53.5 Å². The lowest BCUT2D eigenvalue weighted by Crippen LogP contribution is -2.29. The number of halogens is 3. The second kappa shape index (κ2) is 8.72. The number of fused-ring (bicyclic) bond motifs is 1. The molecule has 2 aromatic heterocycles. The Kier molecular flexibility index (Phi) is 6.53. The molecule has 0 fully saturated rings. The molecule has 0 aliphatic rings. The number of rotatable bonds is 6. The largest absolute Gasteiger partial charge is 0.485 e. The molecular weight excluding hydrogens is 465 g/mol. The molecule has 0 saturated carbocycles. The molecule has 0 spiro atoms. The zero-order chi connectivity index (χ0) is 20.4. The molecule has 2 heterocycles. The second-order valence-electron chi connectivity index (χ2n) is 6.37. The van der Waals surface area contributed by atoms with E-state index >= 15 is 0 Å². The molecule has 0 saturated heterocycles. The molecule has 0 aliphatic carbocycles. The van der Waals surface area contributed by atoms with E-state index in [2.05, 4.69) is 20.9 Å². The van der Waals surface area contributed by atoms with Crippen LogP contribution in [0.3, 0.4) is 0 Å². The van der Waals surface area contributed by atoms with E-state index in [1.165, 1.54) is 6.92 Å². The van der Waals surface area contributed by atoms with Gasteiger partial charge in [-0.15, -0.1) is 0 Å². The standard InChI is InChI=1S/C20H20BrCl2N3O2/c1-4-9-25(13(3)27)16-8-7-15(22)14(18(16)23)11-28-17-6-5-10-26-19(21)12(2)24-20(17)26/h5-8,10H,4,9,11H2,1-3H3. The van der Waals surface area contributed by atoms with Crippen LogP contribution in [0.15, 0.2) is 35.1 Å². The van der Waals surface area contributed by atoms with Crippen molar-refractivity contribution in [1.82, 2.24) is 9.38 Å². The smallest absolute Gasteiger partial charge is 0.223 e. The fourth-order valence-electron chi connectivity index (χ4n) is 2.99. The van der Waals surface area contributed by atoms with E-state index in [0.717, 1.165) is 16.7 Å². The summed E-state index contributed by atoms with van der Waals surface area (Å²) in [5.74, 6) is 0.547. The summed E-state index contributed by atoms with van der Waals surface area (Å²) < 4.78 is 8.80. The Bertz CT molecular complexity index is 1040. The van der Waals surface area contributed by atoms with Gasteiger partial charge < -0.3 is 9.64 Å². The van der Waals surface area contributed by atoms with Crippen molar-refractivity contribution in [2.75, 3.05) is 11.4 Å². The van der Waals surface area contributed by atoms with Crippen molar-refractivity contribution in [3.05, 3.63) is 56.4 Å². The number of carbonyl (C=O) groups excluding carboxylic acids is 1. The Morgan fingerprint density at radius 2 is 2.07 bits per heavy atom. The van der Waals surface area contributed by atoms with Gasteiger partial charge in [0, 0.05) is 30.3 Å². The predicted octanol–water partition coefficient (Wildman–Crippen LogP) is 6.05. The zero-order valence-electron chi connectivity index (χ0n) is 15.8. The van der Waals surface area contributed by atoms with Crippen LogP contribution in [0.5, 0.6) is 5.75 Å². The average Bonchev–Trinajstić information content (AvgIpc) is 2.95. The third-order valence-corrected chi connectivity index (χ3v) is 6.10. The van der Waals surface area contributed by atoms with Crippen molar-refractivity contribution in [3.63, 3.8) is 0 Å². The first kappa shape index (κ1) is 21.0. The molecule has 1 amide bonds. The van der Waals surface area contributed by atoms with Gasteiger partial charge in [-0.3, -0.25) is 9.20 Å². The van der Waals surface area contributed by atoms with E-state index in [4.69, 9.17) is 27.9 Å². The van der Waals surface area contributed by atoms with Crippen molar-refractivity contribution < 1.29 is 9.53 Å². The van der Waals surface area contributed by atoms with Crippen LogP contribution in [0.4, 0.5) is 5.69 Å². The maximum atomic E-state index is 12.0. The molecule has 148 valence electrons. The SMILES string of the molecule is CCCN(C(C)=O)c1ccc(Cl)c(COc2cccn3c(Br)c(C)nc23)c1Cl. The summed E-state index contributed by atoms with van der Waals surface area (Å²) in [5.41, 5.74) is 2.83. The van der Waals surface area contributed by atoms with Crippen LogP contribution in [0.2, 0.25) is 10.0 Å². The number of benzene rings is 1. The van der Waals surface area contributed by atoms with Gasteiger partial charge in [-0.2, -0.15) is 0 Å². The van der Waals surface area contributed by atoms with Crippen LogP contribution >= 0.6 is 39.1 Å². The van der Waals surface area contributed by atoms with Crippen molar-refractivity contribution in [1.29, 1.82) is 0 Å². The number of ether oxygens (including phenoxy) is 1. The van der Waals surface area contributed by atoms with Crippen LogP contribution in [0, 0.1) is 6.92 Å². The van der Waals surface area contributed by atoms with Gasteiger partial charge in [-0.25, -0.2) is 4.98 Å². The van der Waals surface area contributed by atoms with Crippen LogP contribution in [-0.4, -0.2) is 21.8 Å². The van der Waals surface area contributed by atoms with E-state index < -0.39 is 0 Å². The van der Waals surface area contributed by atoms with Crippen LogP contribution in [0.1, 0.15) is 31.5 Å². The van der Waals surface area contributed by atoms with E-state index in [0.29, 0.717) is 39.2 Å². The van der Waals surface area contributed by atoms with Gasteiger partial charge in [0.1, 0.15) is 11.2 Å². The van der Waals surface area contributed by atoms with E-state index in [1.807, 2.05) is 36.6 Å². The molecule has 0 radical (unpaired) electrons. The van der Waals surface area contributed by atoms with Gasteiger partial charge in [0.05, 0.1) is 16.4 Å². The summed E-state index contributed by atoms with van der Waals surface area (Å²) in [6, 6.07) is 7.23. The maximum absolute atomic E-state index is 12.0. The minimum atomic E-state index is -0.0691. The molecule has 3 rings (SSSR count). The van der Waals surface area contributed by atoms with Gasteiger partial charge in [-0.1, -0.05) is 30.1 Å². The number of anilines is 1. The molecule has 0 atom stereocenters. The summed E-state index contributed by atoms with van der Waals surface area (Å²) in [4.78, 5) is 18.2. The van der Waals surface area contributed by atoms with Gasteiger partial charge >= 0.3 is 0 Å². The summed E-state index contributed by atoms with van der Waals surface area (Å²) in [6.45, 7) is 6.19. The predicted molar refractivity (Wildman–Crippen MR) is 117 cm³/mol. The maximum Gasteiger partial charge on any atom is 0.223 e. The minimum absolute atomic E-state index is 0.0691. The summed E-state index contributed by atoms with van der Waals surface area (Å²) >= 11 is 16.5. The normalized spacial score (nSPS) is 11.1. The zero-order valence-corrected chi connectivity index (χ0v) is 18.9. The van der Waals surface area contributed by atoms with Gasteiger partial charge in [0.25, 0.3) is 0 Å². The third-order valence-electron chi connectivity index (χ3n) is 4.37. The fourth-order valence-corrected chi connectivity index (χ4v) is 3.94. The second-order valence-corrected chi connectivity index (χ2v) is 7.91. The number of amides is 1. The van der Waals surface area contributed by atoms with Crippen molar-refractivity contribution in [3.8, 4) is 5.75 Å². The molecule has 0 N–H and O–H groups in total. The quantitative estimate of drug-likeness (QED) is 0.427. The first-order valence-corrected chi connectivity index (χ1v) is 10.4. The van der Waals surface area contributed by atoms with E-state index in [-0.39, 0.29) is 12.5 Å². The highest BCUT2D eigenvalue weighted by atomic mass is 79.9. The van der Waals surface area contributed by atoms with Crippen LogP contribution < -0.4 is 9.64 Å². The molecule has 8 heteroatoms. The number of carbonyl (C=O) groups is 1. The van der Waals surface area contributed by atoms with Crippen molar-refractivity contribution >= 4 is 56.4 Å². The number of hydrogen-bond acceptors (Lipinski definition) is 3. The van der Waals surface area contributed by atoms with Gasteiger partial charge in [0.2, 0.25) is 5.91 Å². The lowest BCUT2D eigenvalue weighted by atomic mass is 10.1. The number of aromatic nitrogens is 2. The van der Waals surface area contributed by atoms with Crippen molar-refractivity contribution in [2.45, 2.75) is 33.8 Å². The molecule has 3 aromatic rings. The highest BCUT2D eigenvalue weighted by molar-refractivity contribution is 9.10. The summed E-state index contributed by atoms with van der Waals surface area (Å²) in [5, 5.41) is 0.908. The average molecular weight is 485 g/mol. The molecule has 28 heavy (non-hydrogen) atoms. The van der Waals surface area contributed by atoms with E-state index in [1.54, 1.807) is 17.0 Å². The van der Waals surface area contributed by atoms with Crippen LogP contribution in [-0.2, 0) is 11.4 Å². The highest BCUT2D eigenvalue weighted by Crippen LogP contribution is 2.35. The Hall–Kier alpha value is -1.76. The monoisotopic (exact) mass is 483 g/mol. The molecule has 0 bridgehead atoms. The molecule has 0 unspecified atom stereocenters. The molecule has 5 nitrogen and oxygen atoms in total. The Balaban J connectivity index is 1.94. The van der Waals surface area contributed by atoms with Gasteiger partial charge in [0.15, 0.2) is 11.4 Å². The van der Waals surface area contributed by atoms with Crippen molar-refractivity contribution in [2.24, 2.45) is 0 Å². The number of imidazole rings is 1. The fraction of sp³-hybridized carbons (Fsp3) is 0.300. The highest BCUT2D eigenvalue weighted by Gasteiger charge is 2.19. The third kappa shape index (κ3) is 4.00. The molecule has 1 aromatic carbocycles. The number of nitrogens with zero attached hydrogens (tertiary/aromatic N) is 3. The number of pyridine rings is 1. The molecule has 0 aliphatic heterocycles. The number of hydrogen-bond donors (Lipinski definition) is 0. The number of aryl methyl sites for hydroxylation is 1. The van der Waals surface area contributed by atoms with E-state index in [9.17, 15) is 4.79 Å². The first-order valence-electron chi connectivity index (χ1n) is 8.86. The van der Waals surface area contributed by atoms with Crippen LogP contribution in [0.25, 0.3) is 5.65 Å². The Morgan fingerprint density at radius 1 is 1.32 bits per heavy atom. The first-order chi connectivity index (χ1) is 13.3. The summed E-state index contributed by atoms with van der Waals surface area (Å²) in [6.07, 6.45) is 2.73. The lowest BCUT2D eigenvalue weighted by molar-refractivity contribution is -0.116. The summed E-state index contributed by atoms with van der Waals surface area (Å²) in [7, 11) is 0. The lowest BCUT2D eigenvalue weighted by Gasteiger charge is -2.23. The Morgan fingerprint density at radius 3 is 2.75 bits per heavy atom.